The molecule has 0 spiro atoms. The summed E-state index contributed by atoms with van der Waals surface area (Å²) in [5, 5.41) is 13.0. The molecule has 1 aromatic carbocycles. The lowest BCUT2D eigenvalue weighted by molar-refractivity contribution is -0.299. The van der Waals surface area contributed by atoms with Crippen LogP contribution in [-0.2, 0) is 9.59 Å². The smallest absolute Gasteiger partial charge is 0.248 e. The van der Waals surface area contributed by atoms with Crippen LogP contribution in [0.3, 0.4) is 0 Å². The zero-order chi connectivity index (χ0) is 14.4. The Morgan fingerprint density at radius 2 is 1.95 bits per heavy atom. The van der Waals surface area contributed by atoms with Crippen LogP contribution in [-0.4, -0.2) is 26.1 Å². The molecule has 0 unspecified atom stereocenters. The van der Waals surface area contributed by atoms with Gasteiger partial charge in [-0.15, -0.1) is 0 Å². The number of amides is 1. The molecule has 0 radical (unpaired) electrons. The summed E-state index contributed by atoms with van der Waals surface area (Å²) >= 11 is 0. The number of carboxylic acid groups (broad SMARTS) is 1. The number of hydrogen-bond donors (Lipinski definition) is 1. The van der Waals surface area contributed by atoms with Gasteiger partial charge in [0.15, 0.2) is 0 Å². The summed E-state index contributed by atoms with van der Waals surface area (Å²) in [7, 11) is 2.96. The largest absolute Gasteiger partial charge is 0.545 e. The molecule has 0 heterocycles. The lowest BCUT2D eigenvalue weighted by atomic mass is 10.2. The van der Waals surface area contributed by atoms with E-state index in [9.17, 15) is 14.7 Å². The number of carboxylic acids is 1. The Hall–Kier alpha value is -2.50. The van der Waals surface area contributed by atoms with E-state index in [-0.39, 0.29) is 5.57 Å². The van der Waals surface area contributed by atoms with Crippen LogP contribution >= 0.6 is 0 Å². The third kappa shape index (κ3) is 4.02. The third-order valence-electron chi connectivity index (χ3n) is 2.34. The van der Waals surface area contributed by atoms with E-state index in [1.54, 1.807) is 18.2 Å². The normalized spacial score (nSPS) is 10.8. The van der Waals surface area contributed by atoms with E-state index in [4.69, 9.17) is 9.47 Å². The Morgan fingerprint density at radius 1 is 1.26 bits per heavy atom. The minimum absolute atomic E-state index is 0.162. The van der Waals surface area contributed by atoms with Crippen molar-refractivity contribution >= 4 is 17.6 Å². The Labute approximate surface area is 110 Å². The van der Waals surface area contributed by atoms with Gasteiger partial charge in [-0.3, -0.25) is 4.79 Å². The fourth-order valence-corrected chi connectivity index (χ4v) is 1.33. The van der Waals surface area contributed by atoms with Gasteiger partial charge in [0.2, 0.25) is 5.91 Å². The summed E-state index contributed by atoms with van der Waals surface area (Å²) in [6.07, 6.45) is 0.943. The van der Waals surface area contributed by atoms with Crippen molar-refractivity contribution in [2.75, 3.05) is 19.5 Å². The molecule has 19 heavy (non-hydrogen) atoms. The van der Waals surface area contributed by atoms with E-state index in [0.717, 1.165) is 6.08 Å². The fraction of sp³-hybridized carbons (Fsp3) is 0.231. The van der Waals surface area contributed by atoms with Crippen LogP contribution in [0.5, 0.6) is 11.5 Å². The molecule has 6 heteroatoms. The Bertz CT molecular complexity index is 522. The molecular formula is C13H14NO5-. The van der Waals surface area contributed by atoms with Gasteiger partial charge in [0.1, 0.15) is 11.5 Å². The molecule has 0 aliphatic rings. The van der Waals surface area contributed by atoms with Crippen LogP contribution in [0.25, 0.3) is 0 Å². The maximum absolute atomic E-state index is 11.6. The highest BCUT2D eigenvalue weighted by molar-refractivity contribution is 6.04. The Balaban J connectivity index is 2.91. The van der Waals surface area contributed by atoms with E-state index in [2.05, 4.69) is 5.32 Å². The number of carbonyl (C=O) groups is 2. The highest BCUT2D eigenvalue weighted by Crippen LogP contribution is 2.28. The standard InChI is InChI=1S/C13H15NO5/c1-8(13(16)17)6-12(15)14-10-5-4-9(18-2)7-11(10)19-3/h4-7H,1-3H3,(H,14,15)(H,16,17)/p-1/b8-6+. The molecule has 0 bridgehead atoms. The number of rotatable bonds is 5. The predicted octanol–water partition coefficient (Wildman–Crippen LogP) is 0.338. The van der Waals surface area contributed by atoms with Gasteiger partial charge in [0, 0.05) is 12.1 Å². The van der Waals surface area contributed by atoms with E-state index >= 15 is 0 Å². The molecule has 0 fully saturated rings. The SMILES string of the molecule is COc1ccc(NC(=O)/C=C(\C)C(=O)[O-])c(OC)c1. The number of anilines is 1. The number of hydrogen-bond acceptors (Lipinski definition) is 5. The third-order valence-corrected chi connectivity index (χ3v) is 2.34. The zero-order valence-electron chi connectivity index (χ0n) is 10.9. The van der Waals surface area contributed by atoms with Crippen molar-refractivity contribution in [3.63, 3.8) is 0 Å². The van der Waals surface area contributed by atoms with Crippen molar-refractivity contribution in [2.45, 2.75) is 6.92 Å². The minimum atomic E-state index is -1.39. The van der Waals surface area contributed by atoms with Gasteiger partial charge in [-0.2, -0.15) is 0 Å². The summed E-state index contributed by atoms with van der Waals surface area (Å²) in [4.78, 5) is 22.1. The number of aliphatic carboxylic acids is 1. The predicted molar refractivity (Wildman–Crippen MR) is 66.9 cm³/mol. The first-order valence-corrected chi connectivity index (χ1v) is 5.40. The average molecular weight is 264 g/mol. The molecular weight excluding hydrogens is 250 g/mol. The fourth-order valence-electron chi connectivity index (χ4n) is 1.33. The van der Waals surface area contributed by atoms with Gasteiger partial charge < -0.3 is 24.7 Å². The molecule has 1 amide bonds. The molecule has 0 saturated heterocycles. The van der Waals surface area contributed by atoms with Crippen LogP contribution in [0.15, 0.2) is 29.8 Å². The van der Waals surface area contributed by atoms with Crippen molar-refractivity contribution in [1.82, 2.24) is 0 Å². The first kappa shape index (κ1) is 14.6. The van der Waals surface area contributed by atoms with Crippen LogP contribution < -0.4 is 19.9 Å². The van der Waals surface area contributed by atoms with Gasteiger partial charge in [-0.05, 0) is 24.6 Å². The monoisotopic (exact) mass is 264 g/mol. The van der Waals surface area contributed by atoms with Crippen LogP contribution in [0.2, 0.25) is 0 Å². The molecule has 6 nitrogen and oxygen atoms in total. The number of methoxy groups -OCH3 is 2. The van der Waals surface area contributed by atoms with Crippen molar-refractivity contribution < 1.29 is 24.2 Å². The Morgan fingerprint density at radius 3 is 2.47 bits per heavy atom. The van der Waals surface area contributed by atoms with E-state index < -0.39 is 11.9 Å². The number of ether oxygens (including phenoxy) is 2. The lowest BCUT2D eigenvalue weighted by Gasteiger charge is -2.11. The second kappa shape index (κ2) is 6.44. The van der Waals surface area contributed by atoms with E-state index in [1.807, 2.05) is 0 Å². The molecule has 0 aliphatic heterocycles. The van der Waals surface area contributed by atoms with Gasteiger partial charge >= 0.3 is 0 Å². The summed E-state index contributed by atoms with van der Waals surface area (Å²) in [5.41, 5.74) is 0.251. The molecule has 1 aromatic rings. The molecule has 0 aromatic heterocycles. The van der Waals surface area contributed by atoms with Crippen molar-refractivity contribution in [1.29, 1.82) is 0 Å². The summed E-state index contributed by atoms with van der Waals surface area (Å²) in [5.74, 6) is -0.981. The van der Waals surface area contributed by atoms with Gasteiger partial charge in [0.25, 0.3) is 0 Å². The highest BCUT2D eigenvalue weighted by atomic mass is 16.5. The van der Waals surface area contributed by atoms with Crippen molar-refractivity contribution in [2.24, 2.45) is 0 Å². The first-order chi connectivity index (χ1) is 8.97. The quantitative estimate of drug-likeness (QED) is 0.775. The van der Waals surface area contributed by atoms with E-state index in [1.165, 1.54) is 21.1 Å². The zero-order valence-corrected chi connectivity index (χ0v) is 10.9. The molecule has 1 rings (SSSR count). The summed E-state index contributed by atoms with van der Waals surface area (Å²) in [6, 6.07) is 4.84. The van der Waals surface area contributed by atoms with Crippen molar-refractivity contribution in [3.8, 4) is 11.5 Å². The second-order valence-electron chi connectivity index (χ2n) is 3.67. The van der Waals surface area contributed by atoms with E-state index in [0.29, 0.717) is 17.2 Å². The van der Waals surface area contributed by atoms with Crippen LogP contribution in [0.4, 0.5) is 5.69 Å². The van der Waals surface area contributed by atoms with Crippen LogP contribution in [0.1, 0.15) is 6.92 Å². The minimum Gasteiger partial charge on any atom is -0.545 e. The van der Waals surface area contributed by atoms with Crippen LogP contribution in [0, 0.1) is 0 Å². The topological polar surface area (TPSA) is 87.7 Å². The average Bonchev–Trinajstić information content (AvgIpc) is 2.38. The maximum atomic E-state index is 11.6. The molecule has 0 saturated carbocycles. The molecule has 1 N–H and O–H groups in total. The maximum Gasteiger partial charge on any atom is 0.248 e. The lowest BCUT2D eigenvalue weighted by Crippen LogP contribution is -2.24. The van der Waals surface area contributed by atoms with Crippen molar-refractivity contribution in [3.05, 3.63) is 29.8 Å². The van der Waals surface area contributed by atoms with Gasteiger partial charge in [-0.25, -0.2) is 0 Å². The Kier molecular flexibility index (Phi) is 4.93. The second-order valence-corrected chi connectivity index (χ2v) is 3.67. The molecule has 0 atom stereocenters. The number of benzene rings is 1. The number of carbonyl (C=O) groups excluding carboxylic acids is 2. The number of nitrogens with one attached hydrogen (secondary N) is 1. The highest BCUT2D eigenvalue weighted by Gasteiger charge is 2.07. The first-order valence-electron chi connectivity index (χ1n) is 5.40. The summed E-state index contributed by atoms with van der Waals surface area (Å²) in [6.45, 7) is 1.28. The summed E-state index contributed by atoms with van der Waals surface area (Å²) < 4.78 is 10.1. The van der Waals surface area contributed by atoms with Gasteiger partial charge in [0.05, 0.1) is 25.9 Å². The molecule has 0 aliphatic carbocycles. The molecule has 102 valence electrons. The van der Waals surface area contributed by atoms with Gasteiger partial charge in [-0.1, -0.05) is 0 Å².